The standard InChI is InChI=1S/C24H31NO2/c1-18-9-7-8-12-22(18)25-23(26)16-21(15-19-10-5-4-6-11-19)20-13-14-27-24(2,3)17-20/h4-12,20-21H,13-17H2,1-3H3,(H,25,26). The Bertz CT molecular complexity index is 754. The predicted octanol–water partition coefficient (Wildman–Crippen LogP) is 5.39. The van der Waals surface area contributed by atoms with Crippen LogP contribution in [-0.4, -0.2) is 18.1 Å². The van der Waals surface area contributed by atoms with Crippen LogP contribution in [0.4, 0.5) is 5.69 Å². The summed E-state index contributed by atoms with van der Waals surface area (Å²) >= 11 is 0. The second-order valence-corrected chi connectivity index (χ2v) is 8.38. The lowest BCUT2D eigenvalue weighted by atomic mass is 9.75. The fourth-order valence-electron chi connectivity index (χ4n) is 4.16. The Balaban J connectivity index is 1.72. The van der Waals surface area contributed by atoms with E-state index in [2.05, 4.69) is 43.4 Å². The molecule has 2 aromatic carbocycles. The summed E-state index contributed by atoms with van der Waals surface area (Å²) in [7, 11) is 0. The molecule has 2 atom stereocenters. The molecule has 3 rings (SSSR count). The van der Waals surface area contributed by atoms with Crippen molar-refractivity contribution in [2.45, 2.75) is 52.1 Å². The van der Waals surface area contributed by atoms with Crippen molar-refractivity contribution in [2.75, 3.05) is 11.9 Å². The van der Waals surface area contributed by atoms with Crippen LogP contribution in [0.1, 0.15) is 44.2 Å². The van der Waals surface area contributed by atoms with Crippen molar-refractivity contribution in [1.82, 2.24) is 0 Å². The van der Waals surface area contributed by atoms with Crippen LogP contribution < -0.4 is 5.32 Å². The van der Waals surface area contributed by atoms with Crippen molar-refractivity contribution < 1.29 is 9.53 Å². The number of para-hydroxylation sites is 1. The molecule has 1 saturated heterocycles. The maximum Gasteiger partial charge on any atom is 0.224 e. The van der Waals surface area contributed by atoms with E-state index in [9.17, 15) is 4.79 Å². The van der Waals surface area contributed by atoms with Crippen LogP contribution in [0.2, 0.25) is 0 Å². The average molecular weight is 366 g/mol. The van der Waals surface area contributed by atoms with E-state index in [1.165, 1.54) is 5.56 Å². The number of carbonyl (C=O) groups excluding carboxylic acids is 1. The van der Waals surface area contributed by atoms with Gasteiger partial charge in [-0.2, -0.15) is 0 Å². The van der Waals surface area contributed by atoms with Gasteiger partial charge in [0.05, 0.1) is 5.60 Å². The van der Waals surface area contributed by atoms with Crippen LogP contribution >= 0.6 is 0 Å². The molecule has 0 spiro atoms. The van der Waals surface area contributed by atoms with Crippen LogP contribution in [0, 0.1) is 18.8 Å². The summed E-state index contributed by atoms with van der Waals surface area (Å²) in [5, 5.41) is 3.12. The number of amides is 1. The third kappa shape index (κ3) is 5.67. The van der Waals surface area contributed by atoms with Gasteiger partial charge in [0.15, 0.2) is 0 Å². The van der Waals surface area contributed by atoms with Crippen molar-refractivity contribution >= 4 is 11.6 Å². The number of rotatable bonds is 6. The third-order valence-electron chi connectivity index (χ3n) is 5.61. The normalized spacial score (nSPS) is 20.0. The van der Waals surface area contributed by atoms with Gasteiger partial charge >= 0.3 is 0 Å². The van der Waals surface area contributed by atoms with E-state index in [0.29, 0.717) is 18.3 Å². The molecule has 2 aromatic rings. The van der Waals surface area contributed by atoms with E-state index in [-0.39, 0.29) is 11.5 Å². The maximum absolute atomic E-state index is 12.8. The van der Waals surface area contributed by atoms with Gasteiger partial charge < -0.3 is 10.1 Å². The number of hydrogen-bond acceptors (Lipinski definition) is 2. The molecule has 1 N–H and O–H groups in total. The fourth-order valence-corrected chi connectivity index (χ4v) is 4.16. The van der Waals surface area contributed by atoms with Crippen LogP contribution in [0.5, 0.6) is 0 Å². The molecular formula is C24H31NO2. The lowest BCUT2D eigenvalue weighted by Crippen LogP contribution is -2.38. The van der Waals surface area contributed by atoms with Gasteiger partial charge in [-0.3, -0.25) is 4.79 Å². The van der Waals surface area contributed by atoms with E-state index in [1.54, 1.807) is 0 Å². The molecule has 3 nitrogen and oxygen atoms in total. The van der Waals surface area contributed by atoms with Gasteiger partial charge in [0.2, 0.25) is 5.91 Å². The summed E-state index contributed by atoms with van der Waals surface area (Å²) in [5.74, 6) is 0.922. The topological polar surface area (TPSA) is 38.3 Å². The van der Waals surface area contributed by atoms with Gasteiger partial charge in [-0.25, -0.2) is 0 Å². The Kier molecular flexibility index (Phi) is 6.33. The number of carbonyl (C=O) groups is 1. The second kappa shape index (κ2) is 8.71. The Morgan fingerprint density at radius 2 is 1.85 bits per heavy atom. The highest BCUT2D eigenvalue weighted by molar-refractivity contribution is 5.91. The first-order valence-corrected chi connectivity index (χ1v) is 9.96. The molecule has 0 bridgehead atoms. The van der Waals surface area contributed by atoms with Crippen LogP contribution in [-0.2, 0) is 16.0 Å². The first kappa shape index (κ1) is 19.6. The monoisotopic (exact) mass is 365 g/mol. The lowest BCUT2D eigenvalue weighted by Gasteiger charge is -2.39. The van der Waals surface area contributed by atoms with Crippen molar-refractivity contribution in [1.29, 1.82) is 0 Å². The summed E-state index contributed by atoms with van der Waals surface area (Å²) in [4.78, 5) is 12.8. The molecule has 1 fully saturated rings. The molecular weight excluding hydrogens is 334 g/mol. The maximum atomic E-state index is 12.8. The summed E-state index contributed by atoms with van der Waals surface area (Å²) in [6.45, 7) is 7.12. The summed E-state index contributed by atoms with van der Waals surface area (Å²) < 4.78 is 5.91. The molecule has 0 saturated carbocycles. The highest BCUT2D eigenvalue weighted by Gasteiger charge is 2.34. The zero-order chi connectivity index (χ0) is 19.3. The fraction of sp³-hybridized carbons (Fsp3) is 0.458. The Morgan fingerprint density at radius 1 is 1.15 bits per heavy atom. The lowest BCUT2D eigenvalue weighted by molar-refractivity contribution is -0.119. The van der Waals surface area contributed by atoms with Crippen LogP contribution in [0.25, 0.3) is 0 Å². The van der Waals surface area contributed by atoms with Crippen LogP contribution in [0.3, 0.4) is 0 Å². The molecule has 0 aliphatic carbocycles. The van der Waals surface area contributed by atoms with Crippen molar-refractivity contribution in [3.63, 3.8) is 0 Å². The average Bonchev–Trinajstić information content (AvgIpc) is 2.63. The minimum absolute atomic E-state index is 0.106. The zero-order valence-corrected chi connectivity index (χ0v) is 16.7. The Labute approximate surface area is 163 Å². The SMILES string of the molecule is Cc1ccccc1NC(=O)CC(Cc1ccccc1)C1CCOC(C)(C)C1. The second-order valence-electron chi connectivity index (χ2n) is 8.38. The van der Waals surface area contributed by atoms with Gasteiger partial charge in [0.1, 0.15) is 0 Å². The highest BCUT2D eigenvalue weighted by atomic mass is 16.5. The smallest absolute Gasteiger partial charge is 0.224 e. The van der Waals surface area contributed by atoms with Gasteiger partial charge in [0.25, 0.3) is 0 Å². The number of nitrogens with one attached hydrogen (secondary N) is 1. The quantitative estimate of drug-likeness (QED) is 0.745. The summed E-state index contributed by atoms with van der Waals surface area (Å²) in [6.07, 6.45) is 3.51. The van der Waals surface area contributed by atoms with E-state index in [4.69, 9.17) is 4.74 Å². The predicted molar refractivity (Wildman–Crippen MR) is 111 cm³/mol. The zero-order valence-electron chi connectivity index (χ0n) is 16.7. The molecule has 144 valence electrons. The first-order chi connectivity index (χ1) is 12.9. The highest BCUT2D eigenvalue weighted by Crippen LogP contribution is 2.36. The van der Waals surface area contributed by atoms with E-state index >= 15 is 0 Å². The van der Waals surface area contributed by atoms with Gasteiger partial charge in [-0.15, -0.1) is 0 Å². The van der Waals surface area contributed by atoms with E-state index in [1.807, 2.05) is 37.3 Å². The number of anilines is 1. The Morgan fingerprint density at radius 3 is 2.56 bits per heavy atom. The van der Waals surface area contributed by atoms with E-state index in [0.717, 1.165) is 37.1 Å². The van der Waals surface area contributed by atoms with Gasteiger partial charge in [-0.1, -0.05) is 48.5 Å². The number of ether oxygens (including phenoxy) is 1. The molecule has 0 radical (unpaired) electrons. The molecule has 1 heterocycles. The minimum atomic E-state index is -0.107. The number of hydrogen-bond donors (Lipinski definition) is 1. The van der Waals surface area contributed by atoms with Gasteiger partial charge in [0, 0.05) is 18.7 Å². The number of benzene rings is 2. The van der Waals surface area contributed by atoms with Crippen molar-refractivity contribution in [3.05, 3.63) is 65.7 Å². The van der Waals surface area contributed by atoms with Gasteiger partial charge in [-0.05, 0) is 69.1 Å². The molecule has 27 heavy (non-hydrogen) atoms. The van der Waals surface area contributed by atoms with E-state index < -0.39 is 0 Å². The van der Waals surface area contributed by atoms with Crippen LogP contribution in [0.15, 0.2) is 54.6 Å². The number of aryl methyl sites for hydroxylation is 1. The molecule has 2 unspecified atom stereocenters. The molecule has 1 aliphatic heterocycles. The molecule has 3 heteroatoms. The first-order valence-electron chi connectivity index (χ1n) is 9.96. The van der Waals surface area contributed by atoms with Crippen molar-refractivity contribution in [3.8, 4) is 0 Å². The molecule has 0 aromatic heterocycles. The third-order valence-corrected chi connectivity index (χ3v) is 5.61. The molecule has 1 aliphatic rings. The summed E-state index contributed by atoms with van der Waals surface area (Å²) in [5.41, 5.74) is 3.20. The minimum Gasteiger partial charge on any atom is -0.376 e. The Hall–Kier alpha value is -2.13. The molecule has 1 amide bonds. The largest absolute Gasteiger partial charge is 0.376 e. The summed E-state index contributed by atoms with van der Waals surface area (Å²) in [6, 6.07) is 18.5. The van der Waals surface area contributed by atoms with Crippen molar-refractivity contribution in [2.24, 2.45) is 11.8 Å².